The van der Waals surface area contributed by atoms with Crippen LogP contribution in [0, 0.1) is 6.92 Å². The van der Waals surface area contributed by atoms with Gasteiger partial charge in [-0.25, -0.2) is 0 Å². The Balaban J connectivity index is 1.79. The second-order valence-electron chi connectivity index (χ2n) is 5.10. The number of nitrogens with two attached hydrogens (primary N) is 1. The molecule has 1 aromatic heterocycles. The lowest BCUT2D eigenvalue weighted by molar-refractivity contribution is 0.293. The molecule has 0 aliphatic carbocycles. The van der Waals surface area contributed by atoms with E-state index in [-0.39, 0.29) is 6.04 Å². The van der Waals surface area contributed by atoms with E-state index < -0.39 is 0 Å². The summed E-state index contributed by atoms with van der Waals surface area (Å²) in [5.74, 6) is 0.824. The highest BCUT2D eigenvalue weighted by Gasteiger charge is 2.10. The summed E-state index contributed by atoms with van der Waals surface area (Å²) < 4.78 is 5.93. The minimum absolute atomic E-state index is 0.141. The maximum Gasteiger partial charge on any atom is 0.128 e. The van der Waals surface area contributed by atoms with Crippen LogP contribution in [-0.2, 0) is 0 Å². The highest BCUT2D eigenvalue weighted by atomic mass is 16.5. The van der Waals surface area contributed by atoms with Crippen LogP contribution in [0.25, 0.3) is 10.9 Å². The van der Waals surface area contributed by atoms with Crippen molar-refractivity contribution in [3.8, 4) is 5.75 Å². The van der Waals surface area contributed by atoms with Crippen molar-refractivity contribution in [3.05, 3.63) is 71.9 Å². The van der Waals surface area contributed by atoms with Crippen LogP contribution in [0.15, 0.2) is 60.8 Å². The molecule has 0 saturated carbocycles. The van der Waals surface area contributed by atoms with E-state index in [1.54, 1.807) is 6.20 Å². The van der Waals surface area contributed by atoms with Crippen LogP contribution in [0.2, 0.25) is 0 Å². The maximum absolute atomic E-state index is 6.25. The number of aryl methyl sites for hydroxylation is 1. The van der Waals surface area contributed by atoms with Crippen molar-refractivity contribution in [3.63, 3.8) is 0 Å². The second kappa shape index (κ2) is 5.94. The largest absolute Gasteiger partial charge is 0.491 e. The topological polar surface area (TPSA) is 48.1 Å². The molecule has 1 heterocycles. The molecule has 1 unspecified atom stereocenters. The van der Waals surface area contributed by atoms with Gasteiger partial charge in [0.05, 0.1) is 11.6 Å². The lowest BCUT2D eigenvalue weighted by Crippen LogP contribution is -2.20. The minimum Gasteiger partial charge on any atom is -0.491 e. The van der Waals surface area contributed by atoms with Gasteiger partial charge in [0.15, 0.2) is 0 Å². The molecule has 0 aliphatic heterocycles. The lowest BCUT2D eigenvalue weighted by atomic mass is 10.0. The Morgan fingerprint density at radius 3 is 2.76 bits per heavy atom. The average Bonchev–Trinajstić information content (AvgIpc) is 2.53. The Morgan fingerprint density at radius 1 is 1.05 bits per heavy atom. The van der Waals surface area contributed by atoms with Gasteiger partial charge in [-0.3, -0.25) is 4.98 Å². The van der Waals surface area contributed by atoms with Crippen LogP contribution in [0.1, 0.15) is 17.2 Å². The van der Waals surface area contributed by atoms with Crippen molar-refractivity contribution in [1.29, 1.82) is 0 Å². The van der Waals surface area contributed by atoms with E-state index in [0.29, 0.717) is 6.61 Å². The average molecular weight is 278 g/mol. The number of nitrogens with zero attached hydrogens (tertiary/aromatic N) is 1. The number of hydrogen-bond acceptors (Lipinski definition) is 3. The van der Waals surface area contributed by atoms with Crippen LogP contribution in [-0.4, -0.2) is 11.6 Å². The summed E-state index contributed by atoms with van der Waals surface area (Å²) >= 11 is 0. The van der Waals surface area contributed by atoms with Gasteiger partial charge < -0.3 is 10.5 Å². The van der Waals surface area contributed by atoms with Gasteiger partial charge >= 0.3 is 0 Å². The second-order valence-corrected chi connectivity index (χ2v) is 5.10. The zero-order valence-corrected chi connectivity index (χ0v) is 12.0. The first-order chi connectivity index (χ1) is 10.3. The summed E-state index contributed by atoms with van der Waals surface area (Å²) in [6.45, 7) is 2.51. The molecular formula is C18H18N2O. The molecule has 0 amide bonds. The Bertz CT molecular complexity index is 750. The normalized spacial score (nSPS) is 12.3. The molecule has 106 valence electrons. The van der Waals surface area contributed by atoms with Crippen LogP contribution >= 0.6 is 0 Å². The summed E-state index contributed by atoms with van der Waals surface area (Å²) in [6.07, 6.45) is 1.78. The summed E-state index contributed by atoms with van der Waals surface area (Å²) in [4.78, 5) is 4.33. The van der Waals surface area contributed by atoms with E-state index in [2.05, 4.69) is 18.0 Å². The number of benzene rings is 2. The molecule has 0 saturated heterocycles. The minimum atomic E-state index is -0.141. The Hall–Kier alpha value is -2.39. The highest BCUT2D eigenvalue weighted by Crippen LogP contribution is 2.25. The van der Waals surface area contributed by atoms with Gasteiger partial charge in [0, 0.05) is 11.6 Å². The van der Waals surface area contributed by atoms with Crippen molar-refractivity contribution in [1.82, 2.24) is 4.98 Å². The standard InChI is InChI=1S/C18H18N2O/c1-13-6-2-3-7-14(13)16(19)12-21-18-10-4-9-17-15(18)8-5-11-20-17/h2-11,16H,12,19H2,1H3. The first-order valence-corrected chi connectivity index (χ1v) is 7.03. The molecule has 3 aromatic rings. The van der Waals surface area contributed by atoms with Crippen LogP contribution in [0.5, 0.6) is 5.75 Å². The van der Waals surface area contributed by atoms with Crippen molar-refractivity contribution < 1.29 is 4.74 Å². The zero-order valence-electron chi connectivity index (χ0n) is 12.0. The van der Waals surface area contributed by atoms with E-state index in [1.807, 2.05) is 48.5 Å². The molecule has 2 N–H and O–H groups in total. The smallest absolute Gasteiger partial charge is 0.128 e. The van der Waals surface area contributed by atoms with Crippen LogP contribution in [0.4, 0.5) is 0 Å². The maximum atomic E-state index is 6.25. The molecule has 0 fully saturated rings. The van der Waals surface area contributed by atoms with Gasteiger partial charge in [0.2, 0.25) is 0 Å². The number of hydrogen-bond donors (Lipinski definition) is 1. The van der Waals surface area contributed by atoms with E-state index in [4.69, 9.17) is 10.5 Å². The van der Waals surface area contributed by atoms with Gasteiger partial charge in [0.1, 0.15) is 12.4 Å². The third-order valence-corrected chi connectivity index (χ3v) is 3.61. The van der Waals surface area contributed by atoms with Crippen molar-refractivity contribution in [2.45, 2.75) is 13.0 Å². The van der Waals surface area contributed by atoms with Crippen molar-refractivity contribution >= 4 is 10.9 Å². The number of pyridine rings is 1. The SMILES string of the molecule is Cc1ccccc1C(N)COc1cccc2ncccc12. The summed E-state index contributed by atoms with van der Waals surface area (Å²) in [5, 5.41) is 1.01. The first-order valence-electron chi connectivity index (χ1n) is 7.03. The highest BCUT2D eigenvalue weighted by molar-refractivity contribution is 5.84. The Labute approximate surface area is 124 Å². The molecule has 0 bridgehead atoms. The molecule has 21 heavy (non-hydrogen) atoms. The molecular weight excluding hydrogens is 260 g/mol. The molecule has 0 spiro atoms. The number of fused-ring (bicyclic) bond motifs is 1. The molecule has 3 nitrogen and oxygen atoms in total. The summed E-state index contributed by atoms with van der Waals surface area (Å²) in [5.41, 5.74) is 9.49. The van der Waals surface area contributed by atoms with Crippen LogP contribution in [0.3, 0.4) is 0 Å². The van der Waals surface area contributed by atoms with E-state index in [9.17, 15) is 0 Å². The van der Waals surface area contributed by atoms with E-state index in [1.165, 1.54) is 5.56 Å². The molecule has 2 aromatic carbocycles. The van der Waals surface area contributed by atoms with Crippen molar-refractivity contribution in [2.75, 3.05) is 6.61 Å². The quantitative estimate of drug-likeness (QED) is 0.793. The fourth-order valence-electron chi connectivity index (χ4n) is 2.47. The van der Waals surface area contributed by atoms with Gasteiger partial charge in [-0.1, -0.05) is 30.3 Å². The van der Waals surface area contributed by atoms with E-state index in [0.717, 1.165) is 22.2 Å². The molecule has 1 atom stereocenters. The fourth-order valence-corrected chi connectivity index (χ4v) is 2.47. The Kier molecular flexibility index (Phi) is 3.84. The van der Waals surface area contributed by atoms with Crippen molar-refractivity contribution in [2.24, 2.45) is 5.73 Å². The Morgan fingerprint density at radius 2 is 1.90 bits per heavy atom. The van der Waals surface area contributed by atoms with Crippen LogP contribution < -0.4 is 10.5 Å². The third-order valence-electron chi connectivity index (χ3n) is 3.61. The van der Waals surface area contributed by atoms with Gasteiger partial charge in [-0.15, -0.1) is 0 Å². The predicted octanol–water partition coefficient (Wildman–Crippen LogP) is 3.62. The number of aromatic nitrogens is 1. The zero-order chi connectivity index (χ0) is 14.7. The summed E-state index contributed by atoms with van der Waals surface area (Å²) in [7, 11) is 0. The molecule has 3 rings (SSSR count). The first kappa shape index (κ1) is 13.6. The monoisotopic (exact) mass is 278 g/mol. The fraction of sp³-hybridized carbons (Fsp3) is 0.167. The molecule has 0 radical (unpaired) electrons. The van der Waals surface area contributed by atoms with E-state index >= 15 is 0 Å². The molecule has 3 heteroatoms. The number of rotatable bonds is 4. The van der Waals surface area contributed by atoms with Gasteiger partial charge in [-0.05, 0) is 42.3 Å². The van der Waals surface area contributed by atoms with Gasteiger partial charge in [-0.2, -0.15) is 0 Å². The lowest BCUT2D eigenvalue weighted by Gasteiger charge is -2.16. The third kappa shape index (κ3) is 2.88. The summed E-state index contributed by atoms with van der Waals surface area (Å²) in [6, 6.07) is 17.8. The number of ether oxygens (including phenoxy) is 1. The van der Waals surface area contributed by atoms with Gasteiger partial charge in [0.25, 0.3) is 0 Å². The predicted molar refractivity (Wildman–Crippen MR) is 85.3 cm³/mol. The molecule has 0 aliphatic rings.